The summed E-state index contributed by atoms with van der Waals surface area (Å²) in [5.74, 6) is 1.26. The number of urea groups is 1. The number of ether oxygens (including phenoxy) is 3. The molecular weight excluding hydrogens is 358 g/mol. The Morgan fingerprint density at radius 3 is 2.30 bits per heavy atom. The molecule has 2 amide bonds. The first-order chi connectivity index (χ1) is 12.9. The molecule has 0 radical (unpaired) electrons. The molecule has 1 atom stereocenters. The van der Waals surface area contributed by atoms with Crippen molar-refractivity contribution in [2.24, 2.45) is 0 Å². The average Bonchev–Trinajstić information content (AvgIpc) is 2.66. The SMILES string of the molecule is COc1ccc(CNC(=O)NC(C)c2ccc(OC(F)F)cc2)cc1OC. The van der Waals surface area contributed by atoms with E-state index < -0.39 is 6.61 Å². The molecule has 2 rings (SSSR count). The van der Waals surface area contributed by atoms with Gasteiger partial charge in [-0.25, -0.2) is 4.79 Å². The third kappa shape index (κ3) is 6.02. The maximum Gasteiger partial charge on any atom is 0.387 e. The molecule has 0 saturated carbocycles. The van der Waals surface area contributed by atoms with Gasteiger partial charge in [-0.05, 0) is 42.3 Å². The van der Waals surface area contributed by atoms with Crippen molar-refractivity contribution in [2.75, 3.05) is 14.2 Å². The maximum absolute atomic E-state index is 12.2. The van der Waals surface area contributed by atoms with E-state index in [1.54, 1.807) is 45.4 Å². The van der Waals surface area contributed by atoms with E-state index in [0.29, 0.717) is 18.0 Å². The summed E-state index contributed by atoms with van der Waals surface area (Å²) in [7, 11) is 3.10. The van der Waals surface area contributed by atoms with E-state index in [9.17, 15) is 13.6 Å². The molecule has 1 unspecified atom stereocenters. The van der Waals surface area contributed by atoms with Crippen LogP contribution >= 0.6 is 0 Å². The van der Waals surface area contributed by atoms with Gasteiger partial charge in [0.1, 0.15) is 5.75 Å². The van der Waals surface area contributed by atoms with Gasteiger partial charge < -0.3 is 24.8 Å². The number of methoxy groups -OCH3 is 2. The van der Waals surface area contributed by atoms with Gasteiger partial charge in [0.15, 0.2) is 11.5 Å². The number of hydrogen-bond donors (Lipinski definition) is 2. The summed E-state index contributed by atoms with van der Waals surface area (Å²) < 4.78 is 39.0. The van der Waals surface area contributed by atoms with Crippen molar-refractivity contribution in [1.82, 2.24) is 10.6 Å². The molecule has 0 aromatic heterocycles. The number of rotatable bonds is 8. The Balaban J connectivity index is 1.88. The van der Waals surface area contributed by atoms with Crippen LogP contribution in [0.3, 0.4) is 0 Å². The van der Waals surface area contributed by atoms with E-state index in [2.05, 4.69) is 15.4 Å². The summed E-state index contributed by atoms with van der Waals surface area (Å²) in [6.07, 6.45) is 0. The molecule has 27 heavy (non-hydrogen) atoms. The van der Waals surface area contributed by atoms with Crippen LogP contribution in [0.25, 0.3) is 0 Å². The molecule has 0 saturated heterocycles. The van der Waals surface area contributed by atoms with Crippen molar-refractivity contribution >= 4 is 6.03 Å². The summed E-state index contributed by atoms with van der Waals surface area (Å²) in [6.45, 7) is -0.771. The number of carbonyl (C=O) groups excluding carboxylic acids is 1. The van der Waals surface area contributed by atoms with Crippen LogP contribution in [0.4, 0.5) is 13.6 Å². The molecule has 0 aliphatic heterocycles. The first-order valence-electron chi connectivity index (χ1n) is 8.23. The fraction of sp³-hybridized carbons (Fsp3) is 0.316. The van der Waals surface area contributed by atoms with Gasteiger partial charge in [0.25, 0.3) is 0 Å². The highest BCUT2D eigenvalue weighted by Crippen LogP contribution is 2.27. The molecule has 0 aliphatic rings. The zero-order chi connectivity index (χ0) is 19.8. The lowest BCUT2D eigenvalue weighted by atomic mass is 10.1. The molecule has 0 fully saturated rings. The van der Waals surface area contributed by atoms with Crippen molar-refractivity contribution < 1.29 is 27.8 Å². The quantitative estimate of drug-likeness (QED) is 0.730. The Morgan fingerprint density at radius 2 is 1.70 bits per heavy atom. The van der Waals surface area contributed by atoms with Crippen molar-refractivity contribution in [2.45, 2.75) is 26.1 Å². The molecule has 6 nitrogen and oxygen atoms in total. The van der Waals surface area contributed by atoms with Gasteiger partial charge in [-0.3, -0.25) is 0 Å². The number of hydrogen-bond acceptors (Lipinski definition) is 4. The fourth-order valence-corrected chi connectivity index (χ4v) is 2.44. The number of carbonyl (C=O) groups is 1. The largest absolute Gasteiger partial charge is 0.493 e. The minimum atomic E-state index is -2.87. The number of benzene rings is 2. The van der Waals surface area contributed by atoms with E-state index in [4.69, 9.17) is 9.47 Å². The Kier molecular flexibility index (Phi) is 7.22. The predicted octanol–water partition coefficient (Wildman–Crippen LogP) is 3.87. The Morgan fingerprint density at radius 1 is 1.04 bits per heavy atom. The van der Waals surface area contributed by atoms with Crippen LogP contribution in [0.5, 0.6) is 17.2 Å². The van der Waals surface area contributed by atoms with Crippen LogP contribution in [0.1, 0.15) is 24.1 Å². The highest BCUT2D eigenvalue weighted by atomic mass is 19.3. The summed E-state index contributed by atoms with van der Waals surface area (Å²) in [5, 5.41) is 5.54. The number of alkyl halides is 2. The minimum absolute atomic E-state index is 0.0684. The van der Waals surface area contributed by atoms with Crippen LogP contribution < -0.4 is 24.8 Å². The monoisotopic (exact) mass is 380 g/mol. The molecule has 2 N–H and O–H groups in total. The van der Waals surface area contributed by atoms with E-state index >= 15 is 0 Å². The summed E-state index contributed by atoms with van der Waals surface area (Å²) in [5.41, 5.74) is 1.61. The number of nitrogens with one attached hydrogen (secondary N) is 2. The summed E-state index contributed by atoms with van der Waals surface area (Å²) in [4.78, 5) is 12.1. The lowest BCUT2D eigenvalue weighted by Crippen LogP contribution is -2.36. The average molecular weight is 380 g/mol. The van der Waals surface area contributed by atoms with Crippen LogP contribution in [-0.4, -0.2) is 26.9 Å². The summed E-state index contributed by atoms with van der Waals surface area (Å²) in [6, 6.07) is 10.8. The van der Waals surface area contributed by atoms with Crippen molar-refractivity contribution in [3.8, 4) is 17.2 Å². The first-order valence-corrected chi connectivity index (χ1v) is 8.23. The van der Waals surface area contributed by atoms with Gasteiger partial charge in [0, 0.05) is 6.54 Å². The van der Waals surface area contributed by atoms with E-state index in [-0.39, 0.29) is 17.8 Å². The minimum Gasteiger partial charge on any atom is -0.493 e. The van der Waals surface area contributed by atoms with Crippen LogP contribution in [0.15, 0.2) is 42.5 Å². The van der Waals surface area contributed by atoms with Gasteiger partial charge in [0.05, 0.1) is 20.3 Å². The lowest BCUT2D eigenvalue weighted by molar-refractivity contribution is -0.0498. The normalized spacial score (nSPS) is 11.6. The van der Waals surface area contributed by atoms with Gasteiger partial charge in [-0.1, -0.05) is 18.2 Å². The third-order valence-corrected chi connectivity index (χ3v) is 3.85. The molecular formula is C19H22F2N2O4. The molecule has 146 valence electrons. The zero-order valence-electron chi connectivity index (χ0n) is 15.3. The third-order valence-electron chi connectivity index (χ3n) is 3.85. The molecule has 2 aromatic carbocycles. The Labute approximate surface area is 156 Å². The van der Waals surface area contributed by atoms with E-state index in [1.807, 2.05) is 6.07 Å². The standard InChI is InChI=1S/C19H22F2N2O4/c1-12(14-5-7-15(8-6-14)27-18(20)21)23-19(24)22-11-13-4-9-16(25-2)17(10-13)26-3/h4-10,12,18H,11H2,1-3H3,(H2,22,23,24). The second kappa shape index (κ2) is 9.61. The molecule has 8 heteroatoms. The second-order valence-corrected chi connectivity index (χ2v) is 5.69. The predicted molar refractivity (Wildman–Crippen MR) is 96.4 cm³/mol. The van der Waals surface area contributed by atoms with Crippen molar-refractivity contribution in [1.29, 1.82) is 0 Å². The number of amides is 2. The van der Waals surface area contributed by atoms with E-state index in [1.165, 1.54) is 12.1 Å². The van der Waals surface area contributed by atoms with Crippen LogP contribution in [-0.2, 0) is 6.54 Å². The van der Waals surface area contributed by atoms with Crippen molar-refractivity contribution in [3.63, 3.8) is 0 Å². The fourth-order valence-electron chi connectivity index (χ4n) is 2.44. The van der Waals surface area contributed by atoms with E-state index in [0.717, 1.165) is 11.1 Å². The smallest absolute Gasteiger partial charge is 0.387 e. The van der Waals surface area contributed by atoms with Gasteiger partial charge in [-0.2, -0.15) is 8.78 Å². The zero-order valence-corrected chi connectivity index (χ0v) is 15.3. The van der Waals surface area contributed by atoms with Crippen molar-refractivity contribution in [3.05, 3.63) is 53.6 Å². The molecule has 0 bridgehead atoms. The Bertz CT molecular complexity index is 754. The molecule has 2 aromatic rings. The second-order valence-electron chi connectivity index (χ2n) is 5.69. The highest BCUT2D eigenvalue weighted by Gasteiger charge is 2.11. The Hall–Kier alpha value is -3.03. The lowest BCUT2D eigenvalue weighted by Gasteiger charge is -2.16. The molecule has 0 heterocycles. The molecule has 0 aliphatic carbocycles. The maximum atomic E-state index is 12.2. The first kappa shape index (κ1) is 20.3. The highest BCUT2D eigenvalue weighted by molar-refractivity contribution is 5.74. The van der Waals surface area contributed by atoms with Crippen LogP contribution in [0.2, 0.25) is 0 Å². The van der Waals surface area contributed by atoms with Gasteiger partial charge in [-0.15, -0.1) is 0 Å². The molecule has 0 spiro atoms. The number of halogens is 2. The van der Waals surface area contributed by atoms with Gasteiger partial charge in [0.2, 0.25) is 0 Å². The van der Waals surface area contributed by atoms with Gasteiger partial charge >= 0.3 is 12.6 Å². The topological polar surface area (TPSA) is 68.8 Å². The van der Waals surface area contributed by atoms with Crippen LogP contribution in [0, 0.1) is 0 Å². The summed E-state index contributed by atoms with van der Waals surface area (Å²) >= 11 is 0.